The SMILES string of the molecule is COc1ccccc1Cc1ccc(OC[C@H]2C[C@@H](c3ccc(CN4CCCC4)cc3)C2)nn1. The molecule has 2 fully saturated rings. The van der Waals surface area contributed by atoms with Gasteiger partial charge in [-0.3, -0.25) is 4.90 Å². The Bertz CT molecular complexity index is 1020. The summed E-state index contributed by atoms with van der Waals surface area (Å²) in [5, 5.41) is 8.62. The second kappa shape index (κ2) is 10.3. The van der Waals surface area contributed by atoms with Crippen LogP contribution in [0.2, 0.25) is 0 Å². The van der Waals surface area contributed by atoms with Gasteiger partial charge >= 0.3 is 0 Å². The molecule has 172 valence electrons. The predicted octanol–water partition coefficient (Wildman–Crippen LogP) is 5.24. The van der Waals surface area contributed by atoms with Crippen molar-refractivity contribution >= 4 is 0 Å². The molecule has 0 atom stereocenters. The Labute approximate surface area is 196 Å². The van der Waals surface area contributed by atoms with Crippen molar-refractivity contribution in [1.29, 1.82) is 0 Å². The number of hydrogen-bond donors (Lipinski definition) is 0. The van der Waals surface area contributed by atoms with Crippen molar-refractivity contribution in [3.05, 3.63) is 83.0 Å². The van der Waals surface area contributed by atoms with Crippen LogP contribution in [0.5, 0.6) is 11.6 Å². The molecule has 3 aromatic rings. The van der Waals surface area contributed by atoms with Crippen molar-refractivity contribution in [2.45, 2.75) is 44.6 Å². The fraction of sp³-hybridized carbons (Fsp3) is 0.429. The van der Waals surface area contributed by atoms with E-state index in [0.29, 0.717) is 30.7 Å². The summed E-state index contributed by atoms with van der Waals surface area (Å²) in [6.45, 7) is 4.31. The highest BCUT2D eigenvalue weighted by molar-refractivity contribution is 5.36. The molecule has 2 heterocycles. The molecule has 1 aromatic heterocycles. The summed E-state index contributed by atoms with van der Waals surface area (Å²) >= 11 is 0. The summed E-state index contributed by atoms with van der Waals surface area (Å²) in [5.41, 5.74) is 4.92. The minimum atomic E-state index is 0.592. The highest BCUT2D eigenvalue weighted by atomic mass is 16.5. The van der Waals surface area contributed by atoms with Gasteiger partial charge in [0.1, 0.15) is 5.75 Å². The quantitative estimate of drug-likeness (QED) is 0.452. The average Bonchev–Trinajstić information content (AvgIpc) is 3.33. The van der Waals surface area contributed by atoms with Gasteiger partial charge in [-0.15, -0.1) is 5.10 Å². The molecule has 0 bridgehead atoms. The van der Waals surface area contributed by atoms with Gasteiger partial charge in [-0.2, -0.15) is 5.10 Å². The van der Waals surface area contributed by atoms with Gasteiger partial charge < -0.3 is 9.47 Å². The van der Waals surface area contributed by atoms with Crippen molar-refractivity contribution in [3.63, 3.8) is 0 Å². The highest BCUT2D eigenvalue weighted by Gasteiger charge is 2.30. The molecule has 5 rings (SSSR count). The molecule has 1 saturated carbocycles. The molecule has 33 heavy (non-hydrogen) atoms. The van der Waals surface area contributed by atoms with Crippen molar-refractivity contribution in [2.24, 2.45) is 5.92 Å². The molecule has 5 nitrogen and oxygen atoms in total. The van der Waals surface area contributed by atoms with Crippen LogP contribution < -0.4 is 9.47 Å². The maximum absolute atomic E-state index is 5.93. The molecular formula is C28H33N3O2. The smallest absolute Gasteiger partial charge is 0.233 e. The van der Waals surface area contributed by atoms with E-state index in [0.717, 1.165) is 23.6 Å². The Hall–Kier alpha value is -2.92. The van der Waals surface area contributed by atoms with Gasteiger partial charge in [-0.25, -0.2) is 0 Å². The van der Waals surface area contributed by atoms with Gasteiger partial charge in [-0.05, 0) is 73.9 Å². The van der Waals surface area contributed by atoms with Gasteiger partial charge in [0.05, 0.1) is 19.4 Å². The number of methoxy groups -OCH3 is 1. The van der Waals surface area contributed by atoms with E-state index in [-0.39, 0.29) is 0 Å². The number of para-hydroxylation sites is 1. The lowest BCUT2D eigenvalue weighted by atomic mass is 9.72. The van der Waals surface area contributed by atoms with E-state index in [9.17, 15) is 0 Å². The van der Waals surface area contributed by atoms with Gasteiger partial charge in [-0.1, -0.05) is 42.5 Å². The van der Waals surface area contributed by atoms with Crippen LogP contribution in [0.1, 0.15) is 54.0 Å². The predicted molar refractivity (Wildman–Crippen MR) is 130 cm³/mol. The first kappa shape index (κ1) is 21.9. The molecule has 1 saturated heterocycles. The van der Waals surface area contributed by atoms with Gasteiger partial charge in [0.25, 0.3) is 0 Å². The number of likely N-dealkylation sites (tertiary alicyclic amines) is 1. The number of nitrogens with zero attached hydrogens (tertiary/aromatic N) is 3. The number of hydrogen-bond acceptors (Lipinski definition) is 5. The van der Waals surface area contributed by atoms with Gasteiger partial charge in [0.2, 0.25) is 5.88 Å². The second-order valence-corrected chi connectivity index (χ2v) is 9.42. The molecule has 0 unspecified atom stereocenters. The lowest BCUT2D eigenvalue weighted by Gasteiger charge is -2.35. The van der Waals surface area contributed by atoms with Crippen molar-refractivity contribution < 1.29 is 9.47 Å². The van der Waals surface area contributed by atoms with E-state index >= 15 is 0 Å². The Morgan fingerprint density at radius 1 is 0.909 bits per heavy atom. The highest BCUT2D eigenvalue weighted by Crippen LogP contribution is 2.41. The molecule has 0 radical (unpaired) electrons. The van der Waals surface area contributed by atoms with E-state index in [1.54, 1.807) is 7.11 Å². The van der Waals surface area contributed by atoms with Crippen molar-refractivity contribution in [3.8, 4) is 11.6 Å². The topological polar surface area (TPSA) is 47.5 Å². The van der Waals surface area contributed by atoms with Crippen LogP contribution in [-0.2, 0) is 13.0 Å². The Morgan fingerprint density at radius 3 is 2.42 bits per heavy atom. The first-order chi connectivity index (χ1) is 16.3. The fourth-order valence-electron chi connectivity index (χ4n) is 5.00. The number of benzene rings is 2. The zero-order valence-electron chi connectivity index (χ0n) is 19.5. The zero-order chi connectivity index (χ0) is 22.5. The first-order valence-corrected chi connectivity index (χ1v) is 12.2. The maximum atomic E-state index is 5.93. The van der Waals surface area contributed by atoms with Crippen molar-refractivity contribution in [2.75, 3.05) is 26.8 Å². The molecular weight excluding hydrogens is 410 g/mol. The normalized spacial score (nSPS) is 20.4. The summed E-state index contributed by atoms with van der Waals surface area (Å²) in [6.07, 6.45) is 5.76. The second-order valence-electron chi connectivity index (χ2n) is 9.42. The molecule has 1 aliphatic carbocycles. The zero-order valence-corrected chi connectivity index (χ0v) is 19.5. The van der Waals surface area contributed by atoms with Crippen LogP contribution in [0.25, 0.3) is 0 Å². The average molecular weight is 444 g/mol. The standard InChI is InChI=1S/C28H33N3O2/c1-32-27-7-3-2-6-24(27)18-26-12-13-28(30-29-26)33-20-22-16-25(17-22)23-10-8-21(9-11-23)19-31-14-4-5-15-31/h2-3,6-13,22,25H,4-5,14-20H2,1H3/t22-,25+. The molecule has 2 aliphatic rings. The first-order valence-electron chi connectivity index (χ1n) is 12.2. The largest absolute Gasteiger partial charge is 0.496 e. The fourth-order valence-corrected chi connectivity index (χ4v) is 5.00. The maximum Gasteiger partial charge on any atom is 0.233 e. The molecule has 0 amide bonds. The van der Waals surface area contributed by atoms with E-state index in [4.69, 9.17) is 9.47 Å². The minimum Gasteiger partial charge on any atom is -0.496 e. The van der Waals surface area contributed by atoms with Gasteiger partial charge in [0.15, 0.2) is 0 Å². The van der Waals surface area contributed by atoms with Crippen LogP contribution >= 0.6 is 0 Å². The summed E-state index contributed by atoms with van der Waals surface area (Å²) in [4.78, 5) is 2.56. The van der Waals surface area contributed by atoms with Crippen LogP contribution in [-0.4, -0.2) is 41.9 Å². The molecule has 2 aromatic carbocycles. The third-order valence-corrected chi connectivity index (χ3v) is 7.02. The number of aromatic nitrogens is 2. The van der Waals surface area contributed by atoms with Crippen LogP contribution in [0.4, 0.5) is 0 Å². The van der Waals surface area contributed by atoms with Crippen LogP contribution in [0.15, 0.2) is 60.7 Å². The van der Waals surface area contributed by atoms with E-state index in [1.165, 1.54) is 49.9 Å². The van der Waals surface area contributed by atoms with Gasteiger partial charge in [0, 0.05) is 24.6 Å². The molecule has 0 N–H and O–H groups in total. The lowest BCUT2D eigenvalue weighted by molar-refractivity contribution is 0.153. The van der Waals surface area contributed by atoms with Crippen LogP contribution in [0, 0.1) is 5.92 Å². The van der Waals surface area contributed by atoms with Crippen molar-refractivity contribution in [1.82, 2.24) is 15.1 Å². The third-order valence-electron chi connectivity index (χ3n) is 7.02. The Kier molecular flexibility index (Phi) is 6.87. The Balaban J connectivity index is 1.06. The summed E-state index contributed by atoms with van der Waals surface area (Å²) < 4.78 is 11.4. The molecule has 1 aliphatic heterocycles. The lowest BCUT2D eigenvalue weighted by Crippen LogP contribution is -2.27. The molecule has 5 heteroatoms. The third kappa shape index (κ3) is 5.53. The summed E-state index contributed by atoms with van der Waals surface area (Å²) in [6, 6.07) is 21.2. The summed E-state index contributed by atoms with van der Waals surface area (Å²) in [5.74, 6) is 2.73. The number of rotatable bonds is 9. The summed E-state index contributed by atoms with van der Waals surface area (Å²) in [7, 11) is 1.69. The van der Waals surface area contributed by atoms with E-state index < -0.39 is 0 Å². The van der Waals surface area contributed by atoms with E-state index in [1.807, 2.05) is 30.3 Å². The van der Waals surface area contributed by atoms with Crippen LogP contribution in [0.3, 0.4) is 0 Å². The minimum absolute atomic E-state index is 0.592. The Morgan fingerprint density at radius 2 is 1.70 bits per heavy atom. The monoisotopic (exact) mass is 443 g/mol. The van der Waals surface area contributed by atoms with E-state index in [2.05, 4.69) is 45.4 Å². The molecule has 0 spiro atoms. The number of ether oxygens (including phenoxy) is 2.